The molecule has 0 saturated heterocycles. The van der Waals surface area contributed by atoms with Crippen LogP contribution in [0.25, 0.3) is 10.9 Å². The van der Waals surface area contributed by atoms with Gasteiger partial charge in [0.15, 0.2) is 0 Å². The maximum atomic E-state index is 13.7. The molecule has 7 nitrogen and oxygen atoms in total. The number of sulfonamides is 1. The molecule has 0 bridgehead atoms. The molecule has 150 valence electrons. The summed E-state index contributed by atoms with van der Waals surface area (Å²) in [6.45, 7) is 0.664. The molecule has 0 radical (unpaired) electrons. The van der Waals surface area contributed by atoms with E-state index in [1.165, 1.54) is 10.4 Å². The number of carbonyl (C=O) groups excluding carboxylic acids is 1. The van der Waals surface area contributed by atoms with E-state index < -0.39 is 16.1 Å². The number of methoxy groups -OCH3 is 1. The molecule has 29 heavy (non-hydrogen) atoms. The van der Waals surface area contributed by atoms with E-state index in [9.17, 15) is 13.2 Å². The molecule has 0 saturated carbocycles. The zero-order valence-corrected chi connectivity index (χ0v) is 16.7. The number of para-hydroxylation sites is 2. The number of amides is 1. The number of pyridine rings is 1. The first-order valence-electron chi connectivity index (χ1n) is 9.27. The molecule has 1 aliphatic rings. The van der Waals surface area contributed by atoms with Gasteiger partial charge in [0.25, 0.3) is 10.0 Å². The van der Waals surface area contributed by atoms with Crippen molar-refractivity contribution in [3.63, 3.8) is 0 Å². The average Bonchev–Trinajstić information content (AvgIpc) is 3.14. The summed E-state index contributed by atoms with van der Waals surface area (Å²) in [6, 6.07) is 14.9. The lowest BCUT2D eigenvalue weighted by molar-refractivity contribution is -0.122. The molecule has 8 heteroatoms. The van der Waals surface area contributed by atoms with Crippen LogP contribution < -0.4 is 9.62 Å². The second kappa shape index (κ2) is 7.81. The van der Waals surface area contributed by atoms with Gasteiger partial charge in [0.1, 0.15) is 10.9 Å². The Bertz CT molecular complexity index is 1160. The van der Waals surface area contributed by atoms with E-state index in [-0.39, 0.29) is 10.8 Å². The van der Waals surface area contributed by atoms with Gasteiger partial charge in [-0.25, -0.2) is 8.42 Å². The van der Waals surface area contributed by atoms with Crippen molar-refractivity contribution in [1.29, 1.82) is 0 Å². The van der Waals surface area contributed by atoms with E-state index in [1.54, 1.807) is 37.6 Å². The molecule has 1 atom stereocenters. The van der Waals surface area contributed by atoms with E-state index in [4.69, 9.17) is 4.74 Å². The summed E-state index contributed by atoms with van der Waals surface area (Å²) in [5, 5.41) is 3.49. The highest BCUT2D eigenvalue weighted by molar-refractivity contribution is 7.93. The lowest BCUT2D eigenvalue weighted by Crippen LogP contribution is -2.48. The van der Waals surface area contributed by atoms with Crippen molar-refractivity contribution < 1.29 is 17.9 Å². The molecule has 1 amide bonds. The van der Waals surface area contributed by atoms with Crippen LogP contribution in [-0.4, -0.2) is 45.6 Å². The van der Waals surface area contributed by atoms with Gasteiger partial charge in [0, 0.05) is 31.7 Å². The minimum absolute atomic E-state index is 0.0852. The topological polar surface area (TPSA) is 88.6 Å². The number of hydrogen-bond donors (Lipinski definition) is 1. The smallest absolute Gasteiger partial charge is 0.267 e. The Labute approximate surface area is 169 Å². The Morgan fingerprint density at radius 2 is 1.97 bits per heavy atom. The largest absolute Gasteiger partial charge is 0.383 e. The summed E-state index contributed by atoms with van der Waals surface area (Å²) in [7, 11) is -2.48. The number of carbonyl (C=O) groups is 1. The molecule has 1 aromatic heterocycles. The standard InChI is InChI=1S/C21H21N3O4S/c1-28-13-12-23-21(25)18-14-16-6-2-3-9-17(16)24(18)29(26,27)19-10-4-7-15-8-5-11-22-20(15)19/h2-11,18H,12-14H2,1H3,(H,23,25)/t18-/m0/s1. The molecule has 4 rings (SSSR count). The van der Waals surface area contributed by atoms with E-state index in [0.29, 0.717) is 30.8 Å². The molecule has 3 aromatic rings. The van der Waals surface area contributed by atoms with Gasteiger partial charge in [0.05, 0.1) is 17.8 Å². The third-order valence-electron chi connectivity index (χ3n) is 4.97. The maximum absolute atomic E-state index is 13.7. The molecule has 2 heterocycles. The van der Waals surface area contributed by atoms with Gasteiger partial charge in [-0.3, -0.25) is 14.1 Å². The van der Waals surface area contributed by atoms with Gasteiger partial charge in [-0.2, -0.15) is 0 Å². The summed E-state index contributed by atoms with van der Waals surface area (Å²) in [4.78, 5) is 17.2. The number of rotatable bonds is 6. The Morgan fingerprint density at radius 3 is 2.79 bits per heavy atom. The fourth-order valence-electron chi connectivity index (χ4n) is 3.64. The molecular weight excluding hydrogens is 390 g/mol. The first kappa shape index (κ1) is 19.4. The van der Waals surface area contributed by atoms with Crippen molar-refractivity contribution in [1.82, 2.24) is 10.3 Å². The lowest BCUT2D eigenvalue weighted by atomic mass is 10.1. The van der Waals surface area contributed by atoms with Crippen molar-refractivity contribution in [2.45, 2.75) is 17.4 Å². The van der Waals surface area contributed by atoms with Gasteiger partial charge >= 0.3 is 0 Å². The number of nitrogens with zero attached hydrogens (tertiary/aromatic N) is 2. The molecule has 0 unspecified atom stereocenters. The Hall–Kier alpha value is -2.97. The molecule has 0 fully saturated rings. The summed E-state index contributed by atoms with van der Waals surface area (Å²) in [5.41, 5.74) is 1.72. The van der Waals surface area contributed by atoms with Crippen LogP contribution in [0.2, 0.25) is 0 Å². The summed E-state index contributed by atoms with van der Waals surface area (Å²) >= 11 is 0. The Balaban J connectivity index is 1.81. The van der Waals surface area contributed by atoms with Gasteiger partial charge in [0.2, 0.25) is 5.91 Å². The van der Waals surface area contributed by atoms with Crippen molar-refractivity contribution in [3.05, 3.63) is 66.4 Å². The summed E-state index contributed by atoms with van der Waals surface area (Å²) in [5.74, 6) is -0.352. The van der Waals surface area contributed by atoms with Crippen molar-refractivity contribution in [2.75, 3.05) is 24.6 Å². The van der Waals surface area contributed by atoms with Crippen molar-refractivity contribution in [3.8, 4) is 0 Å². The van der Waals surface area contributed by atoms with E-state index in [0.717, 1.165) is 10.9 Å². The normalized spacial score (nSPS) is 16.0. The van der Waals surface area contributed by atoms with Crippen LogP contribution in [0.1, 0.15) is 5.56 Å². The second-order valence-corrected chi connectivity index (χ2v) is 8.55. The van der Waals surface area contributed by atoms with Crippen LogP contribution in [0, 0.1) is 0 Å². The summed E-state index contributed by atoms with van der Waals surface area (Å²) < 4.78 is 33.7. The minimum atomic E-state index is -4.02. The summed E-state index contributed by atoms with van der Waals surface area (Å²) in [6.07, 6.45) is 1.88. The van der Waals surface area contributed by atoms with Crippen LogP contribution in [0.15, 0.2) is 65.7 Å². The van der Waals surface area contributed by atoms with E-state index in [2.05, 4.69) is 10.3 Å². The predicted octanol–water partition coefficient (Wildman–Crippen LogP) is 2.12. The van der Waals surface area contributed by atoms with Gasteiger partial charge in [-0.15, -0.1) is 0 Å². The second-order valence-electron chi connectivity index (χ2n) is 6.76. The van der Waals surface area contributed by atoms with Crippen LogP contribution >= 0.6 is 0 Å². The minimum Gasteiger partial charge on any atom is -0.383 e. The van der Waals surface area contributed by atoms with Crippen LogP contribution in [0.5, 0.6) is 0 Å². The number of aromatic nitrogens is 1. The monoisotopic (exact) mass is 411 g/mol. The molecule has 2 aromatic carbocycles. The molecule has 1 aliphatic heterocycles. The van der Waals surface area contributed by atoms with Gasteiger partial charge < -0.3 is 10.1 Å². The maximum Gasteiger partial charge on any atom is 0.267 e. The van der Waals surface area contributed by atoms with Gasteiger partial charge in [-0.05, 0) is 23.8 Å². The SMILES string of the molecule is COCCNC(=O)[C@@H]1Cc2ccccc2N1S(=O)(=O)c1cccc2cccnc12. The Morgan fingerprint density at radius 1 is 1.17 bits per heavy atom. The zero-order valence-electron chi connectivity index (χ0n) is 15.9. The average molecular weight is 411 g/mol. The van der Waals surface area contributed by atoms with Crippen molar-refractivity contribution >= 4 is 32.5 Å². The third-order valence-corrected chi connectivity index (χ3v) is 6.82. The molecule has 0 spiro atoms. The van der Waals surface area contributed by atoms with Crippen molar-refractivity contribution in [2.24, 2.45) is 0 Å². The quantitative estimate of drug-likeness (QED) is 0.628. The van der Waals surface area contributed by atoms with Crippen LogP contribution in [0.3, 0.4) is 0 Å². The highest BCUT2D eigenvalue weighted by Crippen LogP contribution is 2.38. The number of nitrogens with one attached hydrogen (secondary N) is 1. The Kier molecular flexibility index (Phi) is 5.21. The number of fused-ring (bicyclic) bond motifs is 2. The fourth-order valence-corrected chi connectivity index (χ4v) is 5.46. The molecule has 1 N–H and O–H groups in total. The fraction of sp³-hybridized carbons (Fsp3) is 0.238. The zero-order chi connectivity index (χ0) is 20.4. The molecule has 0 aliphatic carbocycles. The highest BCUT2D eigenvalue weighted by Gasteiger charge is 2.42. The number of ether oxygens (including phenoxy) is 1. The first-order chi connectivity index (χ1) is 14.0. The van der Waals surface area contributed by atoms with Crippen LogP contribution in [-0.2, 0) is 26.0 Å². The molecular formula is C21H21N3O4S. The number of benzene rings is 2. The first-order valence-corrected chi connectivity index (χ1v) is 10.7. The predicted molar refractivity (Wildman–Crippen MR) is 110 cm³/mol. The number of anilines is 1. The van der Waals surface area contributed by atoms with E-state index in [1.807, 2.05) is 24.3 Å². The van der Waals surface area contributed by atoms with E-state index >= 15 is 0 Å². The van der Waals surface area contributed by atoms with Crippen LogP contribution in [0.4, 0.5) is 5.69 Å². The van der Waals surface area contributed by atoms with Gasteiger partial charge in [-0.1, -0.05) is 36.4 Å². The highest BCUT2D eigenvalue weighted by atomic mass is 32.2. The third kappa shape index (κ3) is 3.45. The number of hydrogen-bond acceptors (Lipinski definition) is 5. The lowest BCUT2D eigenvalue weighted by Gasteiger charge is -2.26.